The van der Waals surface area contributed by atoms with Gasteiger partial charge in [-0.2, -0.15) is 0 Å². The molecule has 0 unspecified atom stereocenters. The standard InChI is InChI=1S/C18H20FNO4/c1-2-22-14-7-9-15(10-8-14)23-12-11-20-18(21)13-24-17-6-4-3-5-16(17)19/h3-10H,2,11-13H2,1H3,(H,20,21). The summed E-state index contributed by atoms with van der Waals surface area (Å²) in [7, 11) is 0. The average Bonchev–Trinajstić information content (AvgIpc) is 2.60. The van der Waals surface area contributed by atoms with Crippen molar-refractivity contribution in [3.05, 3.63) is 54.3 Å². The fraction of sp³-hybridized carbons (Fsp3) is 0.278. The molecule has 2 aromatic carbocycles. The van der Waals surface area contributed by atoms with Gasteiger partial charge in [-0.1, -0.05) is 12.1 Å². The van der Waals surface area contributed by atoms with Crippen molar-refractivity contribution in [2.45, 2.75) is 6.92 Å². The van der Waals surface area contributed by atoms with Crippen LogP contribution in [0, 0.1) is 5.82 Å². The Hall–Kier alpha value is -2.76. The van der Waals surface area contributed by atoms with E-state index in [4.69, 9.17) is 14.2 Å². The highest BCUT2D eigenvalue weighted by Gasteiger charge is 2.05. The van der Waals surface area contributed by atoms with Gasteiger partial charge in [0.05, 0.1) is 13.2 Å². The molecule has 0 aliphatic carbocycles. The Bertz CT molecular complexity index is 646. The summed E-state index contributed by atoms with van der Waals surface area (Å²) in [5.74, 6) is 0.690. The zero-order chi connectivity index (χ0) is 17.2. The van der Waals surface area contributed by atoms with E-state index in [2.05, 4.69) is 5.32 Å². The largest absolute Gasteiger partial charge is 0.494 e. The summed E-state index contributed by atoms with van der Waals surface area (Å²) in [4.78, 5) is 11.6. The molecule has 0 radical (unpaired) electrons. The number of halogens is 1. The number of carbonyl (C=O) groups is 1. The topological polar surface area (TPSA) is 56.8 Å². The molecule has 1 amide bonds. The van der Waals surface area contributed by atoms with Gasteiger partial charge < -0.3 is 19.5 Å². The first-order valence-corrected chi connectivity index (χ1v) is 7.68. The summed E-state index contributed by atoms with van der Waals surface area (Å²) in [6.45, 7) is 2.93. The monoisotopic (exact) mass is 333 g/mol. The Morgan fingerprint density at radius 2 is 1.67 bits per heavy atom. The number of rotatable bonds is 9. The number of nitrogens with one attached hydrogen (secondary N) is 1. The third-order valence-corrected chi connectivity index (χ3v) is 3.02. The van der Waals surface area contributed by atoms with Crippen molar-refractivity contribution >= 4 is 5.91 Å². The number of carbonyl (C=O) groups excluding carboxylic acids is 1. The molecule has 24 heavy (non-hydrogen) atoms. The molecule has 0 aliphatic heterocycles. The molecule has 6 heteroatoms. The zero-order valence-electron chi connectivity index (χ0n) is 13.5. The van der Waals surface area contributed by atoms with Gasteiger partial charge in [-0.3, -0.25) is 4.79 Å². The molecule has 0 aromatic heterocycles. The van der Waals surface area contributed by atoms with E-state index in [1.54, 1.807) is 24.3 Å². The molecular weight excluding hydrogens is 313 g/mol. The Morgan fingerprint density at radius 1 is 1.00 bits per heavy atom. The highest BCUT2D eigenvalue weighted by atomic mass is 19.1. The van der Waals surface area contributed by atoms with Crippen LogP contribution in [0.25, 0.3) is 0 Å². The highest BCUT2D eigenvalue weighted by Crippen LogP contribution is 2.17. The number of amides is 1. The minimum absolute atomic E-state index is 0.0540. The van der Waals surface area contributed by atoms with E-state index in [0.717, 1.165) is 5.75 Å². The Kier molecular flexibility index (Phi) is 6.89. The van der Waals surface area contributed by atoms with Gasteiger partial charge in [0.15, 0.2) is 18.2 Å². The molecule has 0 heterocycles. The maximum absolute atomic E-state index is 13.3. The molecule has 0 saturated carbocycles. The summed E-state index contributed by atoms with van der Waals surface area (Å²) in [5, 5.41) is 2.64. The first-order chi connectivity index (χ1) is 11.7. The summed E-state index contributed by atoms with van der Waals surface area (Å²) < 4.78 is 29.3. The van der Waals surface area contributed by atoms with Crippen molar-refractivity contribution < 1.29 is 23.4 Å². The number of benzene rings is 2. The van der Waals surface area contributed by atoms with Gasteiger partial charge in [0, 0.05) is 0 Å². The van der Waals surface area contributed by atoms with E-state index < -0.39 is 5.82 Å². The van der Waals surface area contributed by atoms with E-state index in [0.29, 0.717) is 25.5 Å². The summed E-state index contributed by atoms with van der Waals surface area (Å²) in [5.41, 5.74) is 0. The lowest BCUT2D eigenvalue weighted by atomic mass is 10.3. The average molecular weight is 333 g/mol. The molecule has 1 N–H and O–H groups in total. The first-order valence-electron chi connectivity index (χ1n) is 7.68. The number of para-hydroxylation sites is 1. The lowest BCUT2D eigenvalue weighted by Crippen LogP contribution is -2.32. The van der Waals surface area contributed by atoms with Crippen LogP contribution >= 0.6 is 0 Å². The lowest BCUT2D eigenvalue weighted by Gasteiger charge is -2.10. The Balaban J connectivity index is 1.63. The maximum Gasteiger partial charge on any atom is 0.258 e. The van der Waals surface area contributed by atoms with Crippen LogP contribution in [-0.2, 0) is 4.79 Å². The van der Waals surface area contributed by atoms with Crippen LogP contribution in [0.4, 0.5) is 4.39 Å². The van der Waals surface area contributed by atoms with Crippen LogP contribution < -0.4 is 19.5 Å². The van der Waals surface area contributed by atoms with Crippen LogP contribution in [0.3, 0.4) is 0 Å². The van der Waals surface area contributed by atoms with Crippen molar-refractivity contribution in [1.29, 1.82) is 0 Å². The van der Waals surface area contributed by atoms with Crippen molar-refractivity contribution in [3.8, 4) is 17.2 Å². The molecular formula is C18H20FNO4. The van der Waals surface area contributed by atoms with Crippen LogP contribution in [0.2, 0.25) is 0 Å². The Morgan fingerprint density at radius 3 is 2.33 bits per heavy atom. The molecule has 2 rings (SSSR count). The smallest absolute Gasteiger partial charge is 0.258 e. The highest BCUT2D eigenvalue weighted by molar-refractivity contribution is 5.77. The maximum atomic E-state index is 13.3. The molecule has 2 aromatic rings. The molecule has 0 fully saturated rings. The van der Waals surface area contributed by atoms with E-state index >= 15 is 0 Å². The molecule has 0 bridgehead atoms. The molecule has 5 nitrogen and oxygen atoms in total. The second kappa shape index (κ2) is 9.39. The minimum atomic E-state index is -0.496. The number of hydrogen-bond acceptors (Lipinski definition) is 4. The van der Waals surface area contributed by atoms with E-state index in [-0.39, 0.29) is 18.3 Å². The second-order valence-corrected chi connectivity index (χ2v) is 4.82. The number of ether oxygens (including phenoxy) is 3. The zero-order valence-corrected chi connectivity index (χ0v) is 13.5. The van der Waals surface area contributed by atoms with Crippen LogP contribution in [0.15, 0.2) is 48.5 Å². The van der Waals surface area contributed by atoms with Crippen molar-refractivity contribution in [2.24, 2.45) is 0 Å². The fourth-order valence-corrected chi connectivity index (χ4v) is 1.91. The van der Waals surface area contributed by atoms with Gasteiger partial charge >= 0.3 is 0 Å². The predicted octanol–water partition coefficient (Wildman–Crippen LogP) is 2.80. The van der Waals surface area contributed by atoms with Crippen molar-refractivity contribution in [1.82, 2.24) is 5.32 Å². The predicted molar refractivity (Wildman–Crippen MR) is 88.0 cm³/mol. The normalized spacial score (nSPS) is 10.1. The summed E-state index contributed by atoms with van der Waals surface area (Å²) in [6, 6.07) is 13.2. The van der Waals surface area contributed by atoms with Gasteiger partial charge in [-0.05, 0) is 43.3 Å². The molecule has 128 valence electrons. The van der Waals surface area contributed by atoms with Crippen LogP contribution in [-0.4, -0.2) is 32.3 Å². The van der Waals surface area contributed by atoms with E-state index in [1.165, 1.54) is 12.1 Å². The van der Waals surface area contributed by atoms with Crippen molar-refractivity contribution in [2.75, 3.05) is 26.4 Å². The molecule has 0 saturated heterocycles. The third-order valence-electron chi connectivity index (χ3n) is 3.02. The van der Waals surface area contributed by atoms with Gasteiger partial charge in [-0.15, -0.1) is 0 Å². The summed E-state index contributed by atoms with van der Waals surface area (Å²) >= 11 is 0. The molecule has 0 spiro atoms. The Labute approximate surface area is 140 Å². The van der Waals surface area contributed by atoms with Gasteiger partial charge in [-0.25, -0.2) is 4.39 Å². The van der Waals surface area contributed by atoms with Gasteiger partial charge in [0.25, 0.3) is 5.91 Å². The van der Waals surface area contributed by atoms with Crippen LogP contribution in [0.5, 0.6) is 17.2 Å². The lowest BCUT2D eigenvalue weighted by molar-refractivity contribution is -0.123. The van der Waals surface area contributed by atoms with E-state index in [9.17, 15) is 9.18 Å². The van der Waals surface area contributed by atoms with E-state index in [1.807, 2.05) is 19.1 Å². The summed E-state index contributed by atoms with van der Waals surface area (Å²) in [6.07, 6.45) is 0. The quantitative estimate of drug-likeness (QED) is 0.717. The van der Waals surface area contributed by atoms with Crippen LogP contribution in [0.1, 0.15) is 6.92 Å². The fourth-order valence-electron chi connectivity index (χ4n) is 1.91. The minimum Gasteiger partial charge on any atom is -0.494 e. The SMILES string of the molecule is CCOc1ccc(OCCNC(=O)COc2ccccc2F)cc1. The molecule has 0 aliphatic rings. The van der Waals surface area contributed by atoms with Gasteiger partial charge in [0.2, 0.25) is 0 Å². The van der Waals surface area contributed by atoms with Gasteiger partial charge in [0.1, 0.15) is 18.1 Å². The third kappa shape index (κ3) is 5.79. The molecule has 0 atom stereocenters. The first kappa shape index (κ1) is 17.6. The number of hydrogen-bond donors (Lipinski definition) is 1. The second-order valence-electron chi connectivity index (χ2n) is 4.82. The van der Waals surface area contributed by atoms with Crippen molar-refractivity contribution in [3.63, 3.8) is 0 Å².